The van der Waals surface area contributed by atoms with Crippen LogP contribution in [0.25, 0.3) is 0 Å². The van der Waals surface area contributed by atoms with Crippen LogP contribution in [-0.4, -0.2) is 71.1 Å². The van der Waals surface area contributed by atoms with Gasteiger partial charge in [-0.2, -0.15) is 0 Å². The molecule has 0 aromatic carbocycles. The average molecular weight is 271 g/mol. The van der Waals surface area contributed by atoms with E-state index in [0.29, 0.717) is 19.6 Å². The molecule has 0 saturated carbocycles. The van der Waals surface area contributed by atoms with Crippen molar-refractivity contribution in [3.05, 3.63) is 0 Å². The standard InChI is InChI=1S/C13H25N3O3/c1-10(14-11(2)17)12(18)16-7-5-15(6-8-16)9-13(3,4)19/h10,19H,5-9H2,1-4H3,(H,14,17)/t10-/m0/s1. The van der Waals surface area contributed by atoms with E-state index in [4.69, 9.17) is 0 Å². The molecule has 1 aliphatic heterocycles. The molecule has 1 aliphatic rings. The summed E-state index contributed by atoms with van der Waals surface area (Å²) < 4.78 is 0. The first kappa shape index (κ1) is 15.9. The van der Waals surface area contributed by atoms with Gasteiger partial charge >= 0.3 is 0 Å². The number of rotatable bonds is 4. The Kier molecular flexibility index (Phi) is 5.31. The van der Waals surface area contributed by atoms with Crippen LogP contribution in [0, 0.1) is 0 Å². The zero-order valence-corrected chi connectivity index (χ0v) is 12.3. The molecule has 1 saturated heterocycles. The molecule has 1 rings (SSSR count). The predicted molar refractivity (Wildman–Crippen MR) is 72.6 cm³/mol. The first-order chi connectivity index (χ1) is 8.69. The number of β-amino-alcohol motifs (C(OH)–C–C–N with tert-alkyl or cyclic N) is 1. The minimum atomic E-state index is -0.713. The lowest BCUT2D eigenvalue weighted by Crippen LogP contribution is -2.55. The normalized spacial score (nSPS) is 19.1. The molecule has 0 aromatic heterocycles. The monoisotopic (exact) mass is 271 g/mol. The van der Waals surface area contributed by atoms with Crippen LogP contribution in [-0.2, 0) is 9.59 Å². The van der Waals surface area contributed by atoms with Crippen molar-refractivity contribution in [3.8, 4) is 0 Å². The maximum Gasteiger partial charge on any atom is 0.244 e. The quantitative estimate of drug-likeness (QED) is 0.718. The third-order valence-corrected chi connectivity index (χ3v) is 3.08. The summed E-state index contributed by atoms with van der Waals surface area (Å²) in [6.07, 6.45) is 0. The number of nitrogens with one attached hydrogen (secondary N) is 1. The number of carbonyl (C=O) groups excluding carboxylic acids is 2. The molecule has 0 aromatic rings. The zero-order valence-electron chi connectivity index (χ0n) is 12.3. The fourth-order valence-corrected chi connectivity index (χ4v) is 2.31. The summed E-state index contributed by atoms with van der Waals surface area (Å²) in [5.41, 5.74) is -0.713. The lowest BCUT2D eigenvalue weighted by atomic mass is 10.1. The Bertz CT molecular complexity index is 331. The second kappa shape index (κ2) is 6.34. The highest BCUT2D eigenvalue weighted by molar-refractivity contribution is 5.86. The minimum absolute atomic E-state index is 0.0434. The van der Waals surface area contributed by atoms with Gasteiger partial charge in [0.1, 0.15) is 6.04 Å². The van der Waals surface area contributed by atoms with E-state index in [1.165, 1.54) is 6.92 Å². The van der Waals surface area contributed by atoms with E-state index in [9.17, 15) is 14.7 Å². The van der Waals surface area contributed by atoms with Crippen LogP contribution in [0.2, 0.25) is 0 Å². The largest absolute Gasteiger partial charge is 0.389 e. The van der Waals surface area contributed by atoms with Gasteiger partial charge < -0.3 is 15.3 Å². The SMILES string of the molecule is CC(=O)N[C@@H](C)C(=O)N1CCN(CC(C)(C)O)CC1. The Morgan fingerprint density at radius 1 is 1.26 bits per heavy atom. The van der Waals surface area contributed by atoms with E-state index in [0.717, 1.165) is 13.1 Å². The van der Waals surface area contributed by atoms with Crippen molar-refractivity contribution in [2.75, 3.05) is 32.7 Å². The molecule has 1 atom stereocenters. The summed E-state index contributed by atoms with van der Waals surface area (Å²) in [6, 6.07) is -0.474. The maximum absolute atomic E-state index is 12.1. The van der Waals surface area contributed by atoms with Crippen molar-refractivity contribution in [1.29, 1.82) is 0 Å². The number of piperazine rings is 1. The summed E-state index contributed by atoms with van der Waals surface area (Å²) in [6.45, 7) is 10.1. The van der Waals surface area contributed by atoms with Crippen molar-refractivity contribution >= 4 is 11.8 Å². The van der Waals surface area contributed by atoms with Crippen LogP contribution in [0.5, 0.6) is 0 Å². The number of amides is 2. The van der Waals surface area contributed by atoms with E-state index < -0.39 is 11.6 Å². The number of hydrogen-bond acceptors (Lipinski definition) is 4. The van der Waals surface area contributed by atoms with Gasteiger partial charge in [0.25, 0.3) is 0 Å². The van der Waals surface area contributed by atoms with Gasteiger partial charge in [0.2, 0.25) is 11.8 Å². The molecule has 1 heterocycles. The van der Waals surface area contributed by atoms with Crippen molar-refractivity contribution < 1.29 is 14.7 Å². The Morgan fingerprint density at radius 2 is 1.79 bits per heavy atom. The van der Waals surface area contributed by atoms with E-state index in [1.807, 2.05) is 0 Å². The van der Waals surface area contributed by atoms with E-state index in [-0.39, 0.29) is 11.8 Å². The highest BCUT2D eigenvalue weighted by Crippen LogP contribution is 2.09. The molecular weight excluding hydrogens is 246 g/mol. The van der Waals surface area contributed by atoms with Gasteiger partial charge in [-0.25, -0.2) is 0 Å². The Hall–Kier alpha value is -1.14. The zero-order chi connectivity index (χ0) is 14.6. The molecule has 1 fully saturated rings. The third kappa shape index (κ3) is 5.57. The number of nitrogens with zero attached hydrogens (tertiary/aromatic N) is 2. The summed E-state index contributed by atoms with van der Waals surface area (Å²) >= 11 is 0. The van der Waals surface area contributed by atoms with Gasteiger partial charge in [0, 0.05) is 39.6 Å². The topological polar surface area (TPSA) is 72.9 Å². The van der Waals surface area contributed by atoms with Gasteiger partial charge in [-0.1, -0.05) is 0 Å². The van der Waals surface area contributed by atoms with Gasteiger partial charge in [0.05, 0.1) is 5.60 Å². The van der Waals surface area contributed by atoms with Gasteiger partial charge in [0.15, 0.2) is 0 Å². The third-order valence-electron chi connectivity index (χ3n) is 3.08. The van der Waals surface area contributed by atoms with Gasteiger partial charge in [-0.3, -0.25) is 14.5 Å². The Labute approximate surface area is 114 Å². The van der Waals surface area contributed by atoms with E-state index in [2.05, 4.69) is 10.2 Å². The van der Waals surface area contributed by atoms with Crippen molar-refractivity contribution in [3.63, 3.8) is 0 Å². The summed E-state index contributed by atoms with van der Waals surface area (Å²) in [7, 11) is 0. The van der Waals surface area contributed by atoms with Crippen LogP contribution >= 0.6 is 0 Å². The highest BCUT2D eigenvalue weighted by atomic mass is 16.3. The van der Waals surface area contributed by atoms with Crippen LogP contribution in [0.15, 0.2) is 0 Å². The summed E-state index contributed by atoms with van der Waals surface area (Å²) in [5, 5.41) is 12.4. The Morgan fingerprint density at radius 3 is 2.21 bits per heavy atom. The highest BCUT2D eigenvalue weighted by Gasteiger charge is 2.27. The minimum Gasteiger partial charge on any atom is -0.389 e. The fourth-order valence-electron chi connectivity index (χ4n) is 2.31. The van der Waals surface area contributed by atoms with Crippen LogP contribution in [0.1, 0.15) is 27.7 Å². The molecule has 0 radical (unpaired) electrons. The van der Waals surface area contributed by atoms with Crippen LogP contribution in [0.4, 0.5) is 0 Å². The first-order valence-electron chi connectivity index (χ1n) is 6.69. The summed E-state index contributed by atoms with van der Waals surface area (Å²) in [5.74, 6) is -0.236. The molecule has 110 valence electrons. The molecule has 6 heteroatoms. The number of carbonyl (C=O) groups is 2. The number of hydrogen-bond donors (Lipinski definition) is 2. The molecule has 0 aliphatic carbocycles. The lowest BCUT2D eigenvalue weighted by molar-refractivity contribution is -0.137. The number of aliphatic hydroxyl groups is 1. The molecular formula is C13H25N3O3. The van der Waals surface area contributed by atoms with Crippen molar-refractivity contribution in [2.24, 2.45) is 0 Å². The predicted octanol–water partition coefficient (Wildman–Crippen LogP) is -0.574. The maximum atomic E-state index is 12.1. The van der Waals surface area contributed by atoms with E-state index in [1.54, 1.807) is 25.7 Å². The molecule has 0 spiro atoms. The second-order valence-electron chi connectivity index (χ2n) is 5.84. The lowest BCUT2D eigenvalue weighted by Gasteiger charge is -2.38. The van der Waals surface area contributed by atoms with Crippen LogP contribution in [0.3, 0.4) is 0 Å². The van der Waals surface area contributed by atoms with Crippen molar-refractivity contribution in [2.45, 2.75) is 39.3 Å². The van der Waals surface area contributed by atoms with Crippen molar-refractivity contribution in [1.82, 2.24) is 15.1 Å². The van der Waals surface area contributed by atoms with Gasteiger partial charge in [-0.05, 0) is 20.8 Å². The molecule has 0 unspecified atom stereocenters. The average Bonchev–Trinajstić information content (AvgIpc) is 2.26. The molecule has 6 nitrogen and oxygen atoms in total. The van der Waals surface area contributed by atoms with Gasteiger partial charge in [-0.15, -0.1) is 0 Å². The van der Waals surface area contributed by atoms with Crippen LogP contribution < -0.4 is 5.32 Å². The molecule has 2 N–H and O–H groups in total. The second-order valence-corrected chi connectivity index (χ2v) is 5.84. The fraction of sp³-hybridized carbons (Fsp3) is 0.846. The molecule has 2 amide bonds. The van der Waals surface area contributed by atoms with E-state index >= 15 is 0 Å². The molecule has 19 heavy (non-hydrogen) atoms. The smallest absolute Gasteiger partial charge is 0.244 e. The Balaban J connectivity index is 2.41. The first-order valence-corrected chi connectivity index (χ1v) is 6.69. The summed E-state index contributed by atoms with van der Waals surface area (Å²) in [4.78, 5) is 26.9. The molecule has 0 bridgehead atoms.